The lowest BCUT2D eigenvalue weighted by atomic mass is 10.2. The van der Waals surface area contributed by atoms with Crippen LogP contribution in [0.15, 0.2) is 0 Å². The lowest BCUT2D eigenvalue weighted by Gasteiger charge is -2.11. The Morgan fingerprint density at radius 1 is 1.38 bits per heavy atom. The quantitative estimate of drug-likeness (QED) is 0.702. The second kappa shape index (κ2) is 6.81. The highest BCUT2D eigenvalue weighted by Crippen LogP contribution is 2.29. The highest BCUT2D eigenvalue weighted by Gasteiger charge is 2.31. The van der Waals surface area contributed by atoms with Gasteiger partial charge in [0.15, 0.2) is 9.84 Å². The summed E-state index contributed by atoms with van der Waals surface area (Å²) in [5.74, 6) is -0.133. The van der Waals surface area contributed by atoms with Crippen molar-refractivity contribution >= 4 is 31.5 Å². The Balaban J connectivity index is 2.05. The molecule has 136 valence electrons. The van der Waals surface area contributed by atoms with E-state index in [-0.39, 0.29) is 36.4 Å². The number of amides is 1. The highest BCUT2D eigenvalue weighted by molar-refractivity contribution is 7.91. The second-order valence-corrected chi connectivity index (χ2v) is 10.1. The van der Waals surface area contributed by atoms with Crippen LogP contribution in [-0.4, -0.2) is 56.8 Å². The summed E-state index contributed by atoms with van der Waals surface area (Å²) in [5.41, 5.74) is 1.84. The molecular formula is C13H22N4O5S2. The lowest BCUT2D eigenvalue weighted by Crippen LogP contribution is -2.26. The van der Waals surface area contributed by atoms with Crippen LogP contribution < -0.4 is 10.0 Å². The minimum absolute atomic E-state index is 0.00502. The van der Waals surface area contributed by atoms with Crippen molar-refractivity contribution in [3.8, 4) is 0 Å². The molecule has 0 bridgehead atoms. The standard InChI is InChI=1S/C13H22N4O5S2/c1-9-13(15-12(18)4-6-14-23(3,19)20)10(2)17(16-9)11-5-7-24(21,22)8-11/h11,14H,4-8H2,1-3H3,(H,15,18). The maximum absolute atomic E-state index is 12.0. The van der Waals surface area contributed by atoms with Crippen molar-refractivity contribution < 1.29 is 21.6 Å². The van der Waals surface area contributed by atoms with Crippen molar-refractivity contribution in [2.75, 3.05) is 29.6 Å². The molecule has 2 N–H and O–H groups in total. The van der Waals surface area contributed by atoms with Crippen LogP contribution in [0, 0.1) is 13.8 Å². The fraction of sp³-hybridized carbons (Fsp3) is 0.692. The number of nitrogens with one attached hydrogen (secondary N) is 2. The van der Waals surface area contributed by atoms with Crippen molar-refractivity contribution in [1.29, 1.82) is 0 Å². The van der Waals surface area contributed by atoms with Crippen molar-refractivity contribution in [2.45, 2.75) is 32.7 Å². The third-order valence-electron chi connectivity index (χ3n) is 3.86. The van der Waals surface area contributed by atoms with Gasteiger partial charge >= 0.3 is 0 Å². The maximum atomic E-state index is 12.0. The number of nitrogens with zero attached hydrogens (tertiary/aromatic N) is 2. The fourth-order valence-electron chi connectivity index (χ4n) is 2.72. The first-order chi connectivity index (χ1) is 11.0. The van der Waals surface area contributed by atoms with Crippen LogP contribution in [0.4, 0.5) is 5.69 Å². The first-order valence-corrected chi connectivity index (χ1v) is 11.2. The van der Waals surface area contributed by atoms with Gasteiger partial charge in [0.25, 0.3) is 0 Å². The van der Waals surface area contributed by atoms with Gasteiger partial charge in [-0.3, -0.25) is 9.48 Å². The minimum Gasteiger partial charge on any atom is -0.323 e. The predicted molar refractivity (Wildman–Crippen MR) is 90.1 cm³/mol. The molecule has 2 heterocycles. The van der Waals surface area contributed by atoms with E-state index in [1.54, 1.807) is 18.5 Å². The number of hydrogen-bond acceptors (Lipinski definition) is 6. The Bertz CT molecular complexity index is 842. The molecule has 1 unspecified atom stereocenters. The number of aromatic nitrogens is 2. The Labute approximate surface area is 141 Å². The number of anilines is 1. The fourth-order valence-corrected chi connectivity index (χ4v) is 4.88. The summed E-state index contributed by atoms with van der Waals surface area (Å²) in [7, 11) is -6.36. The van der Waals surface area contributed by atoms with Crippen LogP contribution in [0.5, 0.6) is 0 Å². The Hall–Kier alpha value is -1.46. The van der Waals surface area contributed by atoms with E-state index in [4.69, 9.17) is 0 Å². The van der Waals surface area contributed by atoms with Crippen molar-refractivity contribution in [3.63, 3.8) is 0 Å². The van der Waals surface area contributed by atoms with Gasteiger partial charge in [-0.1, -0.05) is 0 Å². The monoisotopic (exact) mass is 378 g/mol. The van der Waals surface area contributed by atoms with Crippen LogP contribution in [0.25, 0.3) is 0 Å². The molecule has 1 amide bonds. The molecule has 1 aliphatic heterocycles. The third-order valence-corrected chi connectivity index (χ3v) is 6.34. The number of sulfonamides is 1. The Kier molecular flexibility index (Phi) is 5.35. The summed E-state index contributed by atoms with van der Waals surface area (Å²) in [4.78, 5) is 12.0. The van der Waals surface area contributed by atoms with Gasteiger partial charge in [-0.2, -0.15) is 5.10 Å². The predicted octanol–water partition coefficient (Wildman–Crippen LogP) is -0.263. The topological polar surface area (TPSA) is 127 Å². The number of sulfone groups is 1. The van der Waals surface area contributed by atoms with Crippen LogP contribution in [0.2, 0.25) is 0 Å². The molecule has 0 saturated carbocycles. The van der Waals surface area contributed by atoms with Crippen molar-refractivity contribution in [1.82, 2.24) is 14.5 Å². The van der Waals surface area contributed by atoms with E-state index < -0.39 is 19.9 Å². The third kappa shape index (κ3) is 4.77. The molecule has 1 saturated heterocycles. The van der Waals surface area contributed by atoms with Gasteiger partial charge in [0, 0.05) is 13.0 Å². The molecule has 1 fully saturated rings. The van der Waals surface area contributed by atoms with Gasteiger partial charge in [0.05, 0.1) is 40.9 Å². The smallest absolute Gasteiger partial charge is 0.225 e. The number of carbonyl (C=O) groups excluding carboxylic acids is 1. The van der Waals surface area contributed by atoms with Gasteiger partial charge < -0.3 is 5.32 Å². The van der Waals surface area contributed by atoms with E-state index in [0.29, 0.717) is 23.5 Å². The summed E-state index contributed by atoms with van der Waals surface area (Å²) >= 11 is 0. The van der Waals surface area contributed by atoms with Crippen LogP contribution in [0.3, 0.4) is 0 Å². The average molecular weight is 378 g/mol. The molecular weight excluding hydrogens is 356 g/mol. The molecule has 9 nitrogen and oxygen atoms in total. The SMILES string of the molecule is Cc1nn(C2CCS(=O)(=O)C2)c(C)c1NC(=O)CCNS(C)(=O)=O. The summed E-state index contributed by atoms with van der Waals surface area (Å²) < 4.78 is 49.1. The average Bonchev–Trinajstić information content (AvgIpc) is 2.91. The first-order valence-electron chi connectivity index (χ1n) is 7.49. The van der Waals surface area contributed by atoms with E-state index in [2.05, 4.69) is 15.1 Å². The zero-order valence-corrected chi connectivity index (χ0v) is 15.5. The zero-order valence-electron chi connectivity index (χ0n) is 13.9. The molecule has 0 aliphatic carbocycles. The molecule has 1 atom stereocenters. The van der Waals surface area contributed by atoms with E-state index in [0.717, 1.165) is 6.26 Å². The largest absolute Gasteiger partial charge is 0.323 e. The van der Waals surface area contributed by atoms with Crippen LogP contribution in [0.1, 0.15) is 30.3 Å². The number of aryl methyl sites for hydroxylation is 1. The molecule has 0 aromatic carbocycles. The summed E-state index contributed by atoms with van der Waals surface area (Å²) in [6.45, 7) is 3.52. The van der Waals surface area contributed by atoms with Crippen LogP contribution in [-0.2, 0) is 24.7 Å². The van der Waals surface area contributed by atoms with Crippen molar-refractivity contribution in [3.05, 3.63) is 11.4 Å². The number of hydrogen-bond donors (Lipinski definition) is 2. The summed E-state index contributed by atoms with van der Waals surface area (Å²) in [5, 5.41) is 7.08. The second-order valence-electron chi connectivity index (χ2n) is 6.01. The van der Waals surface area contributed by atoms with Crippen LogP contribution >= 0.6 is 0 Å². The molecule has 24 heavy (non-hydrogen) atoms. The highest BCUT2D eigenvalue weighted by atomic mass is 32.2. The molecule has 1 aromatic heterocycles. The molecule has 1 aromatic rings. The van der Waals surface area contributed by atoms with E-state index >= 15 is 0 Å². The number of rotatable bonds is 6. The molecule has 11 heteroatoms. The van der Waals surface area contributed by atoms with Gasteiger partial charge in [-0.15, -0.1) is 0 Å². The zero-order chi connectivity index (χ0) is 18.1. The summed E-state index contributed by atoms with van der Waals surface area (Å²) in [6.07, 6.45) is 1.53. The molecule has 0 spiro atoms. The Morgan fingerprint density at radius 2 is 2.04 bits per heavy atom. The van der Waals surface area contributed by atoms with E-state index in [9.17, 15) is 21.6 Å². The summed E-state index contributed by atoms with van der Waals surface area (Å²) in [6, 6.07) is -0.216. The molecule has 1 aliphatic rings. The maximum Gasteiger partial charge on any atom is 0.225 e. The molecule has 2 rings (SSSR count). The van der Waals surface area contributed by atoms with Gasteiger partial charge in [-0.05, 0) is 20.3 Å². The first kappa shape index (κ1) is 18.9. The molecule has 0 radical (unpaired) electrons. The normalized spacial score (nSPS) is 20.2. The van der Waals surface area contributed by atoms with Gasteiger partial charge in [0.2, 0.25) is 15.9 Å². The van der Waals surface area contributed by atoms with Gasteiger partial charge in [-0.25, -0.2) is 21.6 Å². The Morgan fingerprint density at radius 3 is 2.58 bits per heavy atom. The van der Waals surface area contributed by atoms with Crippen molar-refractivity contribution in [2.24, 2.45) is 0 Å². The van der Waals surface area contributed by atoms with E-state index in [1.165, 1.54) is 0 Å². The lowest BCUT2D eigenvalue weighted by molar-refractivity contribution is -0.116. The van der Waals surface area contributed by atoms with Gasteiger partial charge in [0.1, 0.15) is 0 Å². The number of carbonyl (C=O) groups is 1. The minimum atomic E-state index is -3.33. The van der Waals surface area contributed by atoms with E-state index in [1.807, 2.05) is 0 Å².